The predicted molar refractivity (Wildman–Crippen MR) is 70.9 cm³/mol. The fourth-order valence-corrected chi connectivity index (χ4v) is 2.95. The zero-order valence-electron chi connectivity index (χ0n) is 10.6. The number of nitrogens with two attached hydrogens (primary N) is 1. The second kappa shape index (κ2) is 5.98. The molecule has 2 amide bonds. The first kappa shape index (κ1) is 13.8. The van der Waals surface area contributed by atoms with Gasteiger partial charge in [0.15, 0.2) is 5.13 Å². The molecule has 3 N–H and O–H groups in total. The van der Waals surface area contributed by atoms with E-state index in [0.29, 0.717) is 18.3 Å². The average Bonchev–Trinajstić information content (AvgIpc) is 2.69. The third-order valence-corrected chi connectivity index (χ3v) is 3.67. The van der Waals surface area contributed by atoms with E-state index in [-0.39, 0.29) is 12.5 Å². The van der Waals surface area contributed by atoms with Gasteiger partial charge in [-0.2, -0.15) is 0 Å². The Kier molecular flexibility index (Phi) is 4.33. The van der Waals surface area contributed by atoms with Gasteiger partial charge in [0.05, 0.1) is 18.8 Å². The molecule has 0 spiro atoms. The fourth-order valence-electron chi connectivity index (χ4n) is 1.91. The van der Waals surface area contributed by atoms with Crippen LogP contribution in [0.2, 0.25) is 0 Å². The molecule has 1 aliphatic heterocycles. The fraction of sp³-hybridized carbons (Fsp3) is 0.545. The molecule has 0 saturated carbocycles. The van der Waals surface area contributed by atoms with Crippen molar-refractivity contribution in [1.82, 2.24) is 9.88 Å². The van der Waals surface area contributed by atoms with Crippen LogP contribution in [0.5, 0.6) is 0 Å². The number of amides is 2. The Balaban J connectivity index is 2.00. The van der Waals surface area contributed by atoms with Crippen molar-refractivity contribution in [3.8, 4) is 0 Å². The second-order valence-corrected chi connectivity index (χ2v) is 5.24. The summed E-state index contributed by atoms with van der Waals surface area (Å²) < 4.78 is 4.80. The Morgan fingerprint density at radius 2 is 2.37 bits per heavy atom. The van der Waals surface area contributed by atoms with Crippen LogP contribution in [0.25, 0.3) is 0 Å². The first-order chi connectivity index (χ1) is 9.08. The highest BCUT2D eigenvalue weighted by molar-refractivity contribution is 7.15. The third-order valence-electron chi connectivity index (χ3n) is 2.67. The summed E-state index contributed by atoms with van der Waals surface area (Å²) in [6, 6.07) is 0. The zero-order chi connectivity index (χ0) is 13.8. The van der Waals surface area contributed by atoms with Crippen molar-refractivity contribution < 1.29 is 14.3 Å². The molecule has 0 aromatic carbocycles. The maximum atomic E-state index is 11.3. The molecule has 19 heavy (non-hydrogen) atoms. The first-order valence-electron chi connectivity index (χ1n) is 6.01. The maximum Gasteiger partial charge on any atom is 0.413 e. The van der Waals surface area contributed by atoms with Gasteiger partial charge in [-0.3, -0.25) is 15.0 Å². The zero-order valence-corrected chi connectivity index (χ0v) is 11.5. The normalized spacial score (nSPS) is 14.8. The quantitative estimate of drug-likeness (QED) is 0.841. The highest BCUT2D eigenvalue weighted by Gasteiger charge is 2.22. The molecule has 7 nitrogen and oxygen atoms in total. The van der Waals surface area contributed by atoms with E-state index < -0.39 is 6.09 Å². The Hall–Kier alpha value is -1.67. The van der Waals surface area contributed by atoms with Crippen molar-refractivity contribution in [2.45, 2.75) is 19.9 Å². The lowest BCUT2D eigenvalue weighted by Gasteiger charge is -2.24. The SMILES string of the molecule is CCOC(=O)Nc1nc2c(s1)CN(CC(N)=O)CC2. The summed E-state index contributed by atoms with van der Waals surface area (Å²) in [6.07, 6.45) is 0.256. The van der Waals surface area contributed by atoms with Gasteiger partial charge in [0, 0.05) is 24.4 Å². The van der Waals surface area contributed by atoms with Crippen molar-refractivity contribution in [2.24, 2.45) is 5.73 Å². The molecule has 2 heterocycles. The van der Waals surface area contributed by atoms with Gasteiger partial charge in [-0.05, 0) is 6.92 Å². The number of primary amides is 1. The summed E-state index contributed by atoms with van der Waals surface area (Å²) in [7, 11) is 0. The molecular formula is C11H16N4O3S. The number of carbonyl (C=O) groups excluding carboxylic acids is 2. The average molecular weight is 284 g/mol. The minimum Gasteiger partial charge on any atom is -0.450 e. The smallest absolute Gasteiger partial charge is 0.413 e. The lowest BCUT2D eigenvalue weighted by atomic mass is 10.2. The number of carbonyl (C=O) groups is 2. The Morgan fingerprint density at radius 1 is 1.58 bits per heavy atom. The number of fused-ring (bicyclic) bond motifs is 1. The number of hydrogen-bond acceptors (Lipinski definition) is 6. The van der Waals surface area contributed by atoms with Gasteiger partial charge >= 0.3 is 6.09 Å². The van der Waals surface area contributed by atoms with Crippen LogP contribution in [0.15, 0.2) is 0 Å². The minimum absolute atomic E-state index is 0.248. The molecule has 0 saturated heterocycles. The molecular weight excluding hydrogens is 268 g/mol. The summed E-state index contributed by atoms with van der Waals surface area (Å²) in [5, 5.41) is 3.12. The molecule has 8 heteroatoms. The van der Waals surface area contributed by atoms with E-state index in [1.165, 1.54) is 11.3 Å². The van der Waals surface area contributed by atoms with Crippen molar-refractivity contribution in [3.63, 3.8) is 0 Å². The van der Waals surface area contributed by atoms with Crippen molar-refractivity contribution in [3.05, 3.63) is 10.6 Å². The van der Waals surface area contributed by atoms with Crippen molar-refractivity contribution in [1.29, 1.82) is 0 Å². The van der Waals surface area contributed by atoms with Crippen molar-refractivity contribution >= 4 is 28.5 Å². The lowest BCUT2D eigenvalue weighted by Crippen LogP contribution is -2.37. The van der Waals surface area contributed by atoms with Gasteiger partial charge in [0.2, 0.25) is 5.91 Å². The third kappa shape index (κ3) is 3.65. The number of anilines is 1. The molecule has 1 aromatic rings. The van der Waals surface area contributed by atoms with Gasteiger partial charge in [-0.25, -0.2) is 9.78 Å². The molecule has 0 atom stereocenters. The van der Waals surface area contributed by atoms with Crippen LogP contribution < -0.4 is 11.1 Å². The van der Waals surface area contributed by atoms with Crippen molar-refractivity contribution in [2.75, 3.05) is 25.0 Å². The number of thiazole rings is 1. The van der Waals surface area contributed by atoms with Gasteiger partial charge in [-0.1, -0.05) is 11.3 Å². The molecule has 0 radical (unpaired) electrons. The first-order valence-corrected chi connectivity index (χ1v) is 6.83. The molecule has 0 bridgehead atoms. The van der Waals surface area contributed by atoms with Gasteiger partial charge in [-0.15, -0.1) is 0 Å². The second-order valence-electron chi connectivity index (χ2n) is 4.16. The highest BCUT2D eigenvalue weighted by atomic mass is 32.1. The Labute approximate surface area is 114 Å². The number of hydrogen-bond donors (Lipinski definition) is 2. The van der Waals surface area contributed by atoms with E-state index in [2.05, 4.69) is 10.3 Å². The van der Waals surface area contributed by atoms with Crippen LogP contribution in [0.1, 0.15) is 17.5 Å². The molecule has 1 aliphatic rings. The highest BCUT2D eigenvalue weighted by Crippen LogP contribution is 2.28. The van der Waals surface area contributed by atoms with Crippen LogP contribution in [0.3, 0.4) is 0 Å². The number of aromatic nitrogens is 1. The van der Waals surface area contributed by atoms with E-state index in [0.717, 1.165) is 23.5 Å². The molecule has 1 aromatic heterocycles. The summed E-state index contributed by atoms with van der Waals surface area (Å²) in [4.78, 5) is 29.6. The lowest BCUT2D eigenvalue weighted by molar-refractivity contribution is -0.119. The summed E-state index contributed by atoms with van der Waals surface area (Å²) in [6.45, 7) is 3.70. The maximum absolute atomic E-state index is 11.3. The van der Waals surface area contributed by atoms with Gasteiger partial charge in [0.25, 0.3) is 0 Å². The summed E-state index contributed by atoms with van der Waals surface area (Å²) in [5.41, 5.74) is 6.15. The number of nitrogens with one attached hydrogen (secondary N) is 1. The van der Waals surface area contributed by atoms with Gasteiger partial charge in [0.1, 0.15) is 0 Å². The Bertz CT molecular complexity index is 488. The van der Waals surface area contributed by atoms with E-state index in [1.807, 2.05) is 4.90 Å². The minimum atomic E-state index is -0.498. The Morgan fingerprint density at radius 3 is 3.05 bits per heavy atom. The molecule has 0 unspecified atom stereocenters. The largest absolute Gasteiger partial charge is 0.450 e. The van der Waals surface area contributed by atoms with Crippen LogP contribution in [-0.2, 0) is 22.5 Å². The monoisotopic (exact) mass is 284 g/mol. The van der Waals surface area contributed by atoms with Crippen LogP contribution in [0.4, 0.5) is 9.93 Å². The van der Waals surface area contributed by atoms with E-state index in [1.54, 1.807) is 6.92 Å². The van der Waals surface area contributed by atoms with E-state index >= 15 is 0 Å². The number of ether oxygens (including phenoxy) is 1. The van der Waals surface area contributed by atoms with Crippen LogP contribution in [-0.4, -0.2) is 41.6 Å². The molecule has 0 aliphatic carbocycles. The van der Waals surface area contributed by atoms with E-state index in [4.69, 9.17) is 10.5 Å². The predicted octanol–water partition coefficient (Wildman–Crippen LogP) is 0.555. The standard InChI is InChI=1S/C11H16N4O3S/c1-2-18-11(17)14-10-13-7-3-4-15(6-9(12)16)5-8(7)19-10/h2-6H2,1H3,(H2,12,16)(H,13,14,17). The van der Waals surface area contributed by atoms with Gasteiger partial charge < -0.3 is 10.5 Å². The molecule has 104 valence electrons. The number of nitrogens with zero attached hydrogens (tertiary/aromatic N) is 2. The molecule has 2 rings (SSSR count). The number of rotatable bonds is 4. The van der Waals surface area contributed by atoms with E-state index in [9.17, 15) is 9.59 Å². The topological polar surface area (TPSA) is 97.6 Å². The summed E-state index contributed by atoms with van der Waals surface area (Å²) in [5.74, 6) is -0.335. The molecule has 0 fully saturated rings. The van der Waals surface area contributed by atoms with Crippen LogP contribution >= 0.6 is 11.3 Å². The van der Waals surface area contributed by atoms with Crippen LogP contribution in [0, 0.1) is 0 Å². The summed E-state index contributed by atoms with van der Waals surface area (Å²) >= 11 is 1.40.